The maximum atomic E-state index is 13.6. The summed E-state index contributed by atoms with van der Waals surface area (Å²) in [4.78, 5) is 27.9. The van der Waals surface area contributed by atoms with Crippen molar-refractivity contribution in [3.8, 4) is 0 Å². The SMILES string of the molecule is [C-]#[N+][C@@H]1C[C@@H]2C[C@@H]2N1C(=O)[C@@H](NOOON)C12CC3CC(CC(O)(C3)C1)C2. The molecule has 1 heterocycles. The van der Waals surface area contributed by atoms with E-state index in [2.05, 4.69) is 20.4 Å². The second kappa shape index (κ2) is 6.11. The highest BCUT2D eigenvalue weighted by atomic mass is 17.6. The van der Waals surface area contributed by atoms with Gasteiger partial charge in [0, 0.05) is 17.9 Å². The zero-order chi connectivity index (χ0) is 18.8. The van der Waals surface area contributed by atoms with Gasteiger partial charge in [-0.3, -0.25) is 14.5 Å². The number of carbonyl (C=O) groups excluding carboxylic acids is 1. The van der Waals surface area contributed by atoms with Crippen molar-refractivity contribution in [1.82, 2.24) is 10.4 Å². The van der Waals surface area contributed by atoms with Crippen LogP contribution in [0.1, 0.15) is 51.4 Å². The van der Waals surface area contributed by atoms with Crippen molar-refractivity contribution in [3.05, 3.63) is 11.4 Å². The van der Waals surface area contributed by atoms with Gasteiger partial charge >= 0.3 is 6.17 Å². The zero-order valence-electron chi connectivity index (χ0n) is 15.2. The van der Waals surface area contributed by atoms with Crippen LogP contribution in [0.4, 0.5) is 0 Å². The zero-order valence-corrected chi connectivity index (χ0v) is 15.2. The minimum atomic E-state index is -0.707. The van der Waals surface area contributed by atoms with Crippen molar-refractivity contribution in [1.29, 1.82) is 0 Å². The Balaban J connectivity index is 1.44. The van der Waals surface area contributed by atoms with Crippen LogP contribution in [0.2, 0.25) is 0 Å². The summed E-state index contributed by atoms with van der Waals surface area (Å²) in [6, 6.07) is -0.543. The molecule has 4 N–H and O–H groups in total. The normalized spacial score (nSPS) is 47.6. The third-order valence-electron chi connectivity index (χ3n) is 7.65. The lowest BCUT2D eigenvalue weighted by molar-refractivity contribution is -0.541. The van der Waals surface area contributed by atoms with E-state index in [-0.39, 0.29) is 11.9 Å². The van der Waals surface area contributed by atoms with E-state index in [9.17, 15) is 9.90 Å². The molecule has 27 heavy (non-hydrogen) atoms. The molecule has 1 aliphatic heterocycles. The Kier molecular flexibility index (Phi) is 4.03. The molecule has 6 atom stereocenters. The lowest BCUT2D eigenvalue weighted by Crippen LogP contribution is -2.65. The van der Waals surface area contributed by atoms with Gasteiger partial charge < -0.3 is 5.11 Å². The van der Waals surface area contributed by atoms with Crippen LogP contribution in [0, 0.1) is 29.7 Å². The smallest absolute Gasteiger partial charge is 0.301 e. The number of rotatable bonds is 6. The molecule has 148 valence electrons. The molecule has 0 aromatic rings. The number of nitrogens with two attached hydrogens (primary N) is 1. The summed E-state index contributed by atoms with van der Waals surface area (Å²) >= 11 is 0. The summed E-state index contributed by atoms with van der Waals surface area (Å²) in [5.74, 6) is 6.00. The summed E-state index contributed by atoms with van der Waals surface area (Å²) in [6.07, 6.45) is 6.35. The molecule has 0 aromatic carbocycles. The Labute approximate surface area is 157 Å². The highest BCUT2D eigenvalue weighted by Gasteiger charge is 2.64. The molecule has 9 heteroatoms. The van der Waals surface area contributed by atoms with E-state index < -0.39 is 23.2 Å². The molecule has 4 bridgehead atoms. The van der Waals surface area contributed by atoms with Crippen molar-refractivity contribution >= 4 is 5.91 Å². The van der Waals surface area contributed by atoms with Gasteiger partial charge in [0.15, 0.2) is 0 Å². The molecule has 1 saturated heterocycles. The second-order valence-corrected chi connectivity index (χ2v) is 9.50. The Hall–Kier alpha value is -1.28. The molecule has 5 saturated carbocycles. The first kappa shape index (κ1) is 17.8. The Morgan fingerprint density at radius 3 is 2.63 bits per heavy atom. The monoisotopic (exact) mass is 378 g/mol. The first-order valence-corrected chi connectivity index (χ1v) is 9.83. The number of nitrogens with one attached hydrogen (secondary N) is 1. The Morgan fingerprint density at radius 2 is 2.00 bits per heavy atom. The van der Waals surface area contributed by atoms with Crippen LogP contribution in [0.15, 0.2) is 0 Å². The highest BCUT2D eigenvalue weighted by molar-refractivity contribution is 5.84. The predicted molar refractivity (Wildman–Crippen MR) is 90.2 cm³/mol. The molecule has 6 rings (SSSR count). The molecule has 5 aliphatic carbocycles. The highest BCUT2D eigenvalue weighted by Crippen LogP contribution is 2.63. The minimum Gasteiger partial charge on any atom is -0.390 e. The molecule has 0 radical (unpaired) electrons. The summed E-state index contributed by atoms with van der Waals surface area (Å²) in [6.45, 7) is 7.47. The minimum absolute atomic E-state index is 0.132. The maximum absolute atomic E-state index is 13.6. The van der Waals surface area contributed by atoms with Crippen molar-refractivity contribution < 1.29 is 24.9 Å². The number of carbonyl (C=O) groups is 1. The molecule has 0 aromatic heterocycles. The van der Waals surface area contributed by atoms with Crippen LogP contribution >= 0.6 is 0 Å². The number of amides is 1. The van der Waals surface area contributed by atoms with E-state index >= 15 is 0 Å². The number of piperidine rings is 1. The topological polar surface area (TPSA) is 111 Å². The van der Waals surface area contributed by atoms with E-state index in [0.717, 1.165) is 44.9 Å². The van der Waals surface area contributed by atoms with Crippen LogP contribution < -0.4 is 11.4 Å². The predicted octanol–water partition coefficient (Wildman–Crippen LogP) is 0.811. The fourth-order valence-electron chi connectivity index (χ4n) is 7.15. The number of hydroxylamine groups is 1. The molecule has 2 unspecified atom stereocenters. The largest absolute Gasteiger partial charge is 0.390 e. The number of hydrogen-bond acceptors (Lipinski definition) is 7. The number of fused-ring (bicyclic) bond motifs is 1. The van der Waals surface area contributed by atoms with Gasteiger partial charge in [0.1, 0.15) is 6.04 Å². The van der Waals surface area contributed by atoms with E-state index in [1.807, 2.05) is 0 Å². The Morgan fingerprint density at radius 1 is 1.26 bits per heavy atom. The van der Waals surface area contributed by atoms with Gasteiger partial charge in [0.2, 0.25) is 5.91 Å². The number of nitrogens with zero attached hydrogens (tertiary/aromatic N) is 2. The first-order chi connectivity index (χ1) is 13.0. The van der Waals surface area contributed by atoms with Gasteiger partial charge in [-0.1, -0.05) is 0 Å². The van der Waals surface area contributed by atoms with Crippen molar-refractivity contribution in [2.45, 2.75) is 75.2 Å². The van der Waals surface area contributed by atoms with Crippen molar-refractivity contribution in [2.75, 3.05) is 0 Å². The average molecular weight is 378 g/mol. The average Bonchev–Trinajstić information content (AvgIpc) is 3.26. The quantitative estimate of drug-likeness (QED) is 0.271. The van der Waals surface area contributed by atoms with E-state index in [1.165, 1.54) is 0 Å². The van der Waals surface area contributed by atoms with Gasteiger partial charge in [-0.05, 0) is 67.7 Å². The van der Waals surface area contributed by atoms with E-state index in [0.29, 0.717) is 24.2 Å². The maximum Gasteiger partial charge on any atom is 0.301 e. The van der Waals surface area contributed by atoms with Crippen LogP contribution in [0.3, 0.4) is 0 Å². The summed E-state index contributed by atoms with van der Waals surface area (Å²) < 4.78 is 0. The number of aliphatic hydroxyl groups is 1. The number of hydrogen-bond donors (Lipinski definition) is 3. The number of likely N-dealkylation sites (tertiary alicyclic amines) is 1. The summed E-state index contributed by atoms with van der Waals surface area (Å²) in [5, 5.41) is 15.4. The van der Waals surface area contributed by atoms with Crippen LogP contribution in [0.5, 0.6) is 0 Å². The van der Waals surface area contributed by atoms with Crippen LogP contribution in [-0.2, 0) is 19.8 Å². The second-order valence-electron chi connectivity index (χ2n) is 9.50. The molecule has 9 nitrogen and oxygen atoms in total. The van der Waals surface area contributed by atoms with Gasteiger partial charge in [-0.2, -0.15) is 11.4 Å². The third-order valence-corrected chi connectivity index (χ3v) is 7.65. The summed E-state index contributed by atoms with van der Waals surface area (Å²) in [7, 11) is 0. The van der Waals surface area contributed by atoms with Gasteiger partial charge in [-0.15, -0.1) is 9.98 Å². The van der Waals surface area contributed by atoms with Gasteiger partial charge in [-0.25, -0.2) is 6.57 Å². The lowest BCUT2D eigenvalue weighted by Gasteiger charge is -2.61. The third kappa shape index (κ3) is 2.78. The molecule has 6 fully saturated rings. The summed E-state index contributed by atoms with van der Waals surface area (Å²) in [5.41, 5.74) is 1.61. The van der Waals surface area contributed by atoms with E-state index in [4.69, 9.17) is 17.5 Å². The molecule has 0 spiro atoms. The fourth-order valence-corrected chi connectivity index (χ4v) is 7.15. The van der Waals surface area contributed by atoms with Crippen LogP contribution in [0.25, 0.3) is 4.85 Å². The van der Waals surface area contributed by atoms with Crippen molar-refractivity contribution in [2.24, 2.45) is 29.1 Å². The molecule has 1 amide bonds. The Bertz CT molecular complexity index is 667. The first-order valence-electron chi connectivity index (χ1n) is 9.83. The van der Waals surface area contributed by atoms with Crippen molar-refractivity contribution in [3.63, 3.8) is 0 Å². The lowest BCUT2D eigenvalue weighted by atomic mass is 9.46. The molecular formula is C18H26N4O5. The molecule has 6 aliphatic rings. The van der Waals surface area contributed by atoms with Crippen LogP contribution in [-0.4, -0.2) is 39.8 Å². The van der Waals surface area contributed by atoms with Gasteiger partial charge in [0.05, 0.1) is 5.60 Å². The molecular weight excluding hydrogens is 352 g/mol. The fraction of sp³-hybridized carbons (Fsp3) is 0.889. The standard InChI is InChI=1S/C18H26N4O5/c1-20-14-4-12-3-13(12)22(14)16(23)15(21-26-27-25-19)17-5-10-2-11(6-17)8-18(24,7-10)9-17/h10-15,21,24H,2-9,19H2/t10?,11?,12-,13-,14-,15+,17?,18?/m0/s1. The van der Waals surface area contributed by atoms with E-state index in [1.54, 1.807) is 4.90 Å². The van der Waals surface area contributed by atoms with Gasteiger partial charge in [0.25, 0.3) is 0 Å².